The van der Waals surface area contributed by atoms with Crippen molar-refractivity contribution in [1.82, 2.24) is 14.5 Å². The van der Waals surface area contributed by atoms with Gasteiger partial charge in [0.25, 0.3) is 0 Å². The molecule has 2 heterocycles. The molecule has 0 bridgehead atoms. The average Bonchev–Trinajstić information content (AvgIpc) is 2.86. The van der Waals surface area contributed by atoms with Crippen LogP contribution in [0.15, 0.2) is 48.8 Å². The maximum absolute atomic E-state index is 6.34. The number of hydrogen-bond acceptors (Lipinski definition) is 3. The van der Waals surface area contributed by atoms with Crippen molar-refractivity contribution in [3.05, 3.63) is 60.2 Å². The van der Waals surface area contributed by atoms with Crippen molar-refractivity contribution in [3.8, 4) is 0 Å². The molecule has 0 radical (unpaired) electrons. The first-order chi connectivity index (χ1) is 10.3. The van der Waals surface area contributed by atoms with Gasteiger partial charge in [0, 0.05) is 25.2 Å². The van der Waals surface area contributed by atoms with Crippen LogP contribution in [0, 0.1) is 0 Å². The van der Waals surface area contributed by atoms with Crippen molar-refractivity contribution in [2.45, 2.75) is 32.4 Å². The molecule has 0 saturated carbocycles. The highest BCUT2D eigenvalue weighted by Gasteiger charge is 2.14. The van der Waals surface area contributed by atoms with Crippen LogP contribution >= 0.6 is 0 Å². The van der Waals surface area contributed by atoms with E-state index in [4.69, 9.17) is 10.7 Å². The normalized spacial score (nSPS) is 12.7. The molecule has 4 nitrogen and oxygen atoms in total. The van der Waals surface area contributed by atoms with Crippen molar-refractivity contribution >= 4 is 11.0 Å². The Bertz CT molecular complexity index is 718. The Labute approximate surface area is 124 Å². The van der Waals surface area contributed by atoms with Gasteiger partial charge in [-0.3, -0.25) is 4.98 Å². The summed E-state index contributed by atoms with van der Waals surface area (Å²) in [5, 5.41) is 0. The van der Waals surface area contributed by atoms with E-state index in [0.29, 0.717) is 0 Å². The summed E-state index contributed by atoms with van der Waals surface area (Å²) in [6, 6.07) is 12.2. The number of hydrogen-bond donors (Lipinski definition) is 1. The van der Waals surface area contributed by atoms with Crippen LogP contribution in [0.1, 0.15) is 30.8 Å². The van der Waals surface area contributed by atoms with E-state index < -0.39 is 0 Å². The minimum atomic E-state index is -0.0356. The van der Waals surface area contributed by atoms with Gasteiger partial charge in [0.15, 0.2) is 0 Å². The number of aromatic nitrogens is 3. The summed E-state index contributed by atoms with van der Waals surface area (Å²) in [6.45, 7) is 3.13. The van der Waals surface area contributed by atoms with E-state index in [1.165, 1.54) is 0 Å². The Morgan fingerprint density at radius 3 is 2.76 bits per heavy atom. The van der Waals surface area contributed by atoms with Gasteiger partial charge < -0.3 is 10.3 Å². The highest BCUT2D eigenvalue weighted by Crippen LogP contribution is 2.20. The summed E-state index contributed by atoms with van der Waals surface area (Å²) < 4.78 is 2.26. The molecule has 0 amide bonds. The molecule has 1 aromatic carbocycles. The fourth-order valence-corrected chi connectivity index (χ4v) is 2.68. The van der Waals surface area contributed by atoms with Crippen molar-refractivity contribution in [2.24, 2.45) is 5.73 Å². The molecule has 0 aliphatic carbocycles. The third-order valence-electron chi connectivity index (χ3n) is 3.71. The van der Waals surface area contributed by atoms with E-state index in [0.717, 1.165) is 41.8 Å². The third-order valence-corrected chi connectivity index (χ3v) is 3.71. The lowest BCUT2D eigenvalue weighted by molar-refractivity contribution is 0.610. The van der Waals surface area contributed by atoms with Gasteiger partial charge in [0.1, 0.15) is 11.3 Å². The monoisotopic (exact) mass is 280 g/mol. The van der Waals surface area contributed by atoms with Gasteiger partial charge in [0.2, 0.25) is 0 Å². The number of benzene rings is 1. The lowest BCUT2D eigenvalue weighted by atomic mass is 10.0. The first kappa shape index (κ1) is 13.8. The molecule has 1 atom stereocenters. The number of nitrogens with two attached hydrogens (primary N) is 1. The molecule has 21 heavy (non-hydrogen) atoms. The molecule has 0 spiro atoms. The van der Waals surface area contributed by atoms with Gasteiger partial charge in [-0.2, -0.15) is 0 Å². The van der Waals surface area contributed by atoms with E-state index >= 15 is 0 Å². The Morgan fingerprint density at radius 2 is 2.00 bits per heavy atom. The summed E-state index contributed by atoms with van der Waals surface area (Å²) in [5.41, 5.74) is 9.58. The van der Waals surface area contributed by atoms with Crippen LogP contribution < -0.4 is 5.73 Å². The summed E-state index contributed by atoms with van der Waals surface area (Å²) in [7, 11) is 0. The molecule has 3 aromatic rings. The molecule has 1 unspecified atom stereocenters. The van der Waals surface area contributed by atoms with Crippen molar-refractivity contribution in [3.63, 3.8) is 0 Å². The molecule has 108 valence electrons. The fourth-order valence-electron chi connectivity index (χ4n) is 2.68. The highest BCUT2D eigenvalue weighted by molar-refractivity contribution is 5.74. The Hall–Kier alpha value is -2.20. The molecule has 0 saturated heterocycles. The zero-order valence-corrected chi connectivity index (χ0v) is 12.2. The predicted octanol–water partition coefficient (Wildman–Crippen LogP) is 3.08. The Balaban J connectivity index is 1.94. The van der Waals surface area contributed by atoms with Crippen molar-refractivity contribution in [1.29, 1.82) is 0 Å². The SMILES string of the molecule is CCCn1c(CC(N)c2ccccc2)nc2cnccc21. The summed E-state index contributed by atoms with van der Waals surface area (Å²) in [6.07, 6.45) is 5.44. The minimum absolute atomic E-state index is 0.0356. The van der Waals surface area contributed by atoms with Gasteiger partial charge >= 0.3 is 0 Å². The summed E-state index contributed by atoms with van der Waals surface area (Å²) in [4.78, 5) is 8.87. The first-order valence-electron chi connectivity index (χ1n) is 7.39. The van der Waals surface area contributed by atoms with Gasteiger partial charge in [-0.15, -0.1) is 0 Å². The standard InChI is InChI=1S/C17H20N4/c1-2-10-21-16-8-9-19-12-15(16)20-17(21)11-14(18)13-6-4-3-5-7-13/h3-9,12,14H,2,10-11,18H2,1H3. The number of aryl methyl sites for hydroxylation is 1. The van der Waals surface area contributed by atoms with E-state index in [1.807, 2.05) is 36.7 Å². The van der Waals surface area contributed by atoms with Gasteiger partial charge in [0.05, 0.1) is 11.7 Å². The number of nitrogens with zero attached hydrogens (tertiary/aromatic N) is 3. The maximum atomic E-state index is 6.34. The molecular formula is C17H20N4. The molecule has 4 heteroatoms. The topological polar surface area (TPSA) is 56.7 Å². The quantitative estimate of drug-likeness (QED) is 0.781. The van der Waals surface area contributed by atoms with Crippen LogP contribution in [0.4, 0.5) is 0 Å². The molecule has 2 N–H and O–H groups in total. The molecule has 2 aromatic heterocycles. The lowest BCUT2D eigenvalue weighted by Gasteiger charge is -2.13. The van der Waals surface area contributed by atoms with Crippen LogP contribution in [0.5, 0.6) is 0 Å². The number of rotatable bonds is 5. The van der Waals surface area contributed by atoms with Gasteiger partial charge in [-0.25, -0.2) is 4.98 Å². The number of fused-ring (bicyclic) bond motifs is 1. The second kappa shape index (κ2) is 6.06. The minimum Gasteiger partial charge on any atom is -0.328 e. The largest absolute Gasteiger partial charge is 0.328 e. The van der Waals surface area contributed by atoms with Crippen LogP contribution in [0.3, 0.4) is 0 Å². The van der Waals surface area contributed by atoms with Crippen molar-refractivity contribution in [2.75, 3.05) is 0 Å². The zero-order valence-electron chi connectivity index (χ0n) is 12.2. The summed E-state index contributed by atoms with van der Waals surface area (Å²) in [5.74, 6) is 1.04. The smallest absolute Gasteiger partial charge is 0.111 e. The van der Waals surface area contributed by atoms with E-state index in [1.54, 1.807) is 0 Å². The highest BCUT2D eigenvalue weighted by atomic mass is 15.1. The molecule has 0 fully saturated rings. The van der Waals surface area contributed by atoms with Crippen LogP contribution in [-0.4, -0.2) is 14.5 Å². The summed E-state index contributed by atoms with van der Waals surface area (Å²) >= 11 is 0. The maximum Gasteiger partial charge on any atom is 0.111 e. The molecule has 0 aliphatic heterocycles. The van der Waals surface area contributed by atoms with E-state index in [2.05, 4.69) is 28.6 Å². The number of imidazole rings is 1. The van der Waals surface area contributed by atoms with E-state index in [-0.39, 0.29) is 6.04 Å². The zero-order chi connectivity index (χ0) is 14.7. The first-order valence-corrected chi connectivity index (χ1v) is 7.39. The second-order valence-corrected chi connectivity index (χ2v) is 5.27. The Kier molecular flexibility index (Phi) is 3.97. The predicted molar refractivity (Wildman–Crippen MR) is 84.9 cm³/mol. The van der Waals surface area contributed by atoms with Gasteiger partial charge in [-0.1, -0.05) is 37.3 Å². The number of pyridine rings is 1. The lowest BCUT2D eigenvalue weighted by Crippen LogP contribution is -2.16. The molecule has 0 aliphatic rings. The van der Waals surface area contributed by atoms with Crippen LogP contribution in [0.25, 0.3) is 11.0 Å². The Morgan fingerprint density at radius 1 is 1.19 bits per heavy atom. The van der Waals surface area contributed by atoms with Crippen LogP contribution in [-0.2, 0) is 13.0 Å². The van der Waals surface area contributed by atoms with Gasteiger partial charge in [-0.05, 0) is 18.1 Å². The average molecular weight is 280 g/mol. The molecule has 3 rings (SSSR count). The van der Waals surface area contributed by atoms with E-state index in [9.17, 15) is 0 Å². The molecular weight excluding hydrogens is 260 g/mol. The fraction of sp³-hybridized carbons (Fsp3) is 0.294. The second-order valence-electron chi connectivity index (χ2n) is 5.27. The van der Waals surface area contributed by atoms with Crippen LogP contribution in [0.2, 0.25) is 0 Å². The third kappa shape index (κ3) is 2.81. The van der Waals surface area contributed by atoms with Crippen molar-refractivity contribution < 1.29 is 0 Å².